The van der Waals surface area contributed by atoms with Gasteiger partial charge in [0.05, 0.1) is 5.69 Å². The van der Waals surface area contributed by atoms with E-state index in [4.69, 9.17) is 5.73 Å². The molecule has 1 heterocycles. The maximum Gasteiger partial charge on any atom is 0.180 e. The van der Waals surface area contributed by atoms with Crippen LogP contribution in [0.1, 0.15) is 60.9 Å². The molecule has 0 aliphatic heterocycles. The average molecular weight is 300 g/mol. The number of nitrogens with two attached hydrogens (primary N) is 1. The summed E-state index contributed by atoms with van der Waals surface area (Å²) >= 11 is 1.65. The Hall–Kier alpha value is -1.35. The topological polar surface area (TPSA) is 38.9 Å². The van der Waals surface area contributed by atoms with Crippen molar-refractivity contribution in [3.8, 4) is 0 Å². The molecule has 2 aromatic rings. The molecular weight excluding hydrogens is 276 g/mol. The fourth-order valence-corrected chi connectivity index (χ4v) is 4.34. The second kappa shape index (κ2) is 5.45. The molecule has 1 aliphatic rings. The predicted molar refractivity (Wildman–Crippen MR) is 91.1 cm³/mol. The molecular formula is C18H24N2S. The highest BCUT2D eigenvalue weighted by Gasteiger charge is 2.23. The maximum absolute atomic E-state index is 5.97. The van der Waals surface area contributed by atoms with Crippen molar-refractivity contribution in [3.63, 3.8) is 0 Å². The SMILES string of the molecule is CC(C)(C)c1nc(N)sc1Cc1cccc2c1CCCC2. The smallest absolute Gasteiger partial charge is 0.180 e. The van der Waals surface area contributed by atoms with Crippen LogP contribution in [0.4, 0.5) is 5.13 Å². The summed E-state index contributed by atoms with van der Waals surface area (Å²) in [6, 6.07) is 6.79. The number of thiazole rings is 1. The molecule has 0 bridgehead atoms. The third kappa shape index (κ3) is 2.98. The van der Waals surface area contributed by atoms with E-state index in [1.54, 1.807) is 22.5 Å². The molecule has 3 heteroatoms. The third-order valence-electron chi connectivity index (χ3n) is 4.27. The molecule has 0 amide bonds. The Labute approximate surface area is 131 Å². The summed E-state index contributed by atoms with van der Waals surface area (Å²) in [7, 11) is 0. The van der Waals surface area contributed by atoms with Crippen molar-refractivity contribution in [3.05, 3.63) is 45.5 Å². The van der Waals surface area contributed by atoms with E-state index in [0.717, 1.165) is 6.42 Å². The van der Waals surface area contributed by atoms with Gasteiger partial charge in [0.2, 0.25) is 0 Å². The van der Waals surface area contributed by atoms with Crippen LogP contribution in [0.2, 0.25) is 0 Å². The van der Waals surface area contributed by atoms with E-state index < -0.39 is 0 Å². The summed E-state index contributed by atoms with van der Waals surface area (Å²) < 4.78 is 0. The zero-order valence-electron chi connectivity index (χ0n) is 13.2. The fourth-order valence-electron chi connectivity index (χ4n) is 3.27. The second-order valence-corrected chi connectivity index (χ2v) is 8.13. The lowest BCUT2D eigenvalue weighted by Crippen LogP contribution is -2.15. The Morgan fingerprint density at radius 2 is 1.95 bits per heavy atom. The quantitative estimate of drug-likeness (QED) is 0.887. The number of benzene rings is 1. The molecule has 0 fully saturated rings. The summed E-state index contributed by atoms with van der Waals surface area (Å²) in [5.74, 6) is 0. The van der Waals surface area contributed by atoms with Crippen LogP contribution in [0.5, 0.6) is 0 Å². The molecule has 21 heavy (non-hydrogen) atoms. The minimum atomic E-state index is 0.0539. The van der Waals surface area contributed by atoms with Gasteiger partial charge in [-0.25, -0.2) is 4.98 Å². The van der Waals surface area contributed by atoms with Gasteiger partial charge in [0.25, 0.3) is 0 Å². The maximum atomic E-state index is 5.97. The van der Waals surface area contributed by atoms with Gasteiger partial charge in [-0.05, 0) is 42.4 Å². The van der Waals surface area contributed by atoms with Crippen LogP contribution in [0.15, 0.2) is 18.2 Å². The number of nitrogens with zero attached hydrogens (tertiary/aromatic N) is 1. The Morgan fingerprint density at radius 3 is 2.71 bits per heavy atom. The van der Waals surface area contributed by atoms with Crippen molar-refractivity contribution >= 4 is 16.5 Å². The Bertz CT molecular complexity index is 650. The van der Waals surface area contributed by atoms with Crippen molar-refractivity contribution in [1.29, 1.82) is 0 Å². The van der Waals surface area contributed by atoms with Crippen molar-refractivity contribution in [1.82, 2.24) is 4.98 Å². The first-order valence-electron chi connectivity index (χ1n) is 7.80. The van der Waals surface area contributed by atoms with Gasteiger partial charge < -0.3 is 5.73 Å². The highest BCUT2D eigenvalue weighted by atomic mass is 32.1. The van der Waals surface area contributed by atoms with E-state index in [1.807, 2.05) is 0 Å². The number of aryl methyl sites for hydroxylation is 1. The molecule has 0 saturated heterocycles. The van der Waals surface area contributed by atoms with Gasteiger partial charge in [0, 0.05) is 16.7 Å². The summed E-state index contributed by atoms with van der Waals surface area (Å²) in [4.78, 5) is 5.92. The monoisotopic (exact) mass is 300 g/mol. The predicted octanol–water partition coefficient (Wildman–Crippen LogP) is 4.49. The van der Waals surface area contributed by atoms with Crippen molar-refractivity contribution in [2.75, 3.05) is 5.73 Å². The van der Waals surface area contributed by atoms with E-state index in [9.17, 15) is 0 Å². The number of nitrogen functional groups attached to an aromatic ring is 1. The number of hydrogen-bond acceptors (Lipinski definition) is 3. The van der Waals surface area contributed by atoms with Crippen LogP contribution in [0.25, 0.3) is 0 Å². The Morgan fingerprint density at radius 1 is 1.19 bits per heavy atom. The van der Waals surface area contributed by atoms with Gasteiger partial charge in [-0.2, -0.15) is 0 Å². The highest BCUT2D eigenvalue weighted by molar-refractivity contribution is 7.15. The standard InChI is InChI=1S/C18H24N2S/c1-18(2,3)16-15(21-17(19)20-16)11-13-9-6-8-12-7-4-5-10-14(12)13/h6,8-9H,4-5,7,10-11H2,1-3H3,(H2,19,20). The summed E-state index contributed by atoms with van der Waals surface area (Å²) in [6.07, 6.45) is 6.09. The number of rotatable bonds is 2. The van der Waals surface area contributed by atoms with Crippen molar-refractivity contribution in [2.45, 2.75) is 58.3 Å². The Balaban J connectivity index is 1.98. The molecule has 0 atom stereocenters. The number of anilines is 1. The summed E-state index contributed by atoms with van der Waals surface area (Å²) in [5.41, 5.74) is 11.8. The Kier molecular flexibility index (Phi) is 3.78. The number of fused-ring (bicyclic) bond motifs is 1. The lowest BCUT2D eigenvalue weighted by molar-refractivity contribution is 0.568. The second-order valence-electron chi connectivity index (χ2n) is 7.01. The molecule has 2 N–H and O–H groups in total. The molecule has 1 aliphatic carbocycles. The van der Waals surface area contributed by atoms with Crippen LogP contribution in [0.3, 0.4) is 0 Å². The first-order chi connectivity index (χ1) is 9.95. The molecule has 0 spiro atoms. The van der Waals surface area contributed by atoms with Gasteiger partial charge in [0.15, 0.2) is 5.13 Å². The summed E-state index contributed by atoms with van der Waals surface area (Å²) in [5, 5.41) is 0.694. The van der Waals surface area contributed by atoms with Gasteiger partial charge in [0.1, 0.15) is 0 Å². The lowest BCUT2D eigenvalue weighted by Gasteiger charge is -2.21. The number of hydrogen-bond donors (Lipinski definition) is 1. The zero-order chi connectivity index (χ0) is 15.0. The van der Waals surface area contributed by atoms with E-state index in [0.29, 0.717) is 5.13 Å². The van der Waals surface area contributed by atoms with Gasteiger partial charge in [-0.15, -0.1) is 11.3 Å². The normalized spacial score (nSPS) is 15.0. The van der Waals surface area contributed by atoms with Crippen LogP contribution in [-0.4, -0.2) is 4.98 Å². The third-order valence-corrected chi connectivity index (χ3v) is 5.15. The van der Waals surface area contributed by atoms with E-state index in [1.165, 1.54) is 41.8 Å². The molecule has 2 nitrogen and oxygen atoms in total. The zero-order valence-corrected chi connectivity index (χ0v) is 14.0. The molecule has 1 aromatic carbocycles. The van der Waals surface area contributed by atoms with E-state index in [-0.39, 0.29) is 5.41 Å². The van der Waals surface area contributed by atoms with Gasteiger partial charge in [-0.3, -0.25) is 0 Å². The minimum Gasteiger partial charge on any atom is -0.375 e. The van der Waals surface area contributed by atoms with E-state index >= 15 is 0 Å². The molecule has 0 unspecified atom stereocenters. The highest BCUT2D eigenvalue weighted by Crippen LogP contribution is 2.34. The van der Waals surface area contributed by atoms with Crippen LogP contribution >= 0.6 is 11.3 Å². The summed E-state index contributed by atoms with van der Waals surface area (Å²) in [6.45, 7) is 6.64. The van der Waals surface area contributed by atoms with Crippen LogP contribution < -0.4 is 5.73 Å². The van der Waals surface area contributed by atoms with Gasteiger partial charge in [-0.1, -0.05) is 39.0 Å². The van der Waals surface area contributed by atoms with Crippen molar-refractivity contribution < 1.29 is 0 Å². The van der Waals surface area contributed by atoms with E-state index in [2.05, 4.69) is 44.0 Å². The number of aromatic nitrogens is 1. The molecule has 3 rings (SSSR count). The fraction of sp³-hybridized carbons (Fsp3) is 0.500. The average Bonchev–Trinajstić information content (AvgIpc) is 2.80. The lowest BCUT2D eigenvalue weighted by atomic mass is 9.85. The van der Waals surface area contributed by atoms with Crippen LogP contribution in [0, 0.1) is 0 Å². The largest absolute Gasteiger partial charge is 0.375 e. The molecule has 0 saturated carbocycles. The van der Waals surface area contributed by atoms with Gasteiger partial charge >= 0.3 is 0 Å². The molecule has 112 valence electrons. The minimum absolute atomic E-state index is 0.0539. The molecule has 1 aromatic heterocycles. The van der Waals surface area contributed by atoms with Crippen molar-refractivity contribution in [2.24, 2.45) is 0 Å². The van der Waals surface area contributed by atoms with Crippen LogP contribution in [-0.2, 0) is 24.7 Å². The first kappa shape index (κ1) is 14.6. The molecule has 0 radical (unpaired) electrons. The first-order valence-corrected chi connectivity index (χ1v) is 8.62.